The van der Waals surface area contributed by atoms with Crippen molar-refractivity contribution in [2.24, 2.45) is 0 Å². The first kappa shape index (κ1) is 12.5. The van der Waals surface area contributed by atoms with Crippen LogP contribution in [0.15, 0.2) is 18.2 Å². The van der Waals surface area contributed by atoms with E-state index >= 15 is 0 Å². The average Bonchev–Trinajstić information content (AvgIpc) is 2.27. The highest BCUT2D eigenvalue weighted by molar-refractivity contribution is 7.99. The summed E-state index contributed by atoms with van der Waals surface area (Å²) in [6.07, 6.45) is 0. The lowest BCUT2D eigenvalue weighted by molar-refractivity contribution is 0.0873. The van der Waals surface area contributed by atoms with E-state index < -0.39 is 11.6 Å². The molecule has 1 fully saturated rings. The second-order valence-corrected chi connectivity index (χ2v) is 5.24. The highest BCUT2D eigenvalue weighted by Crippen LogP contribution is 2.19. The van der Waals surface area contributed by atoms with E-state index in [-0.39, 0.29) is 17.4 Å². The molecule has 92 valence electrons. The van der Waals surface area contributed by atoms with Crippen LogP contribution in [0.3, 0.4) is 0 Å². The number of hydrogen-bond donors (Lipinski definition) is 0. The van der Waals surface area contributed by atoms with Crippen LogP contribution in [0, 0.1) is 11.6 Å². The predicted octanol–water partition coefficient (Wildman–Crippen LogP) is 2.19. The van der Waals surface area contributed by atoms with Gasteiger partial charge in [0, 0.05) is 29.7 Å². The zero-order chi connectivity index (χ0) is 12.4. The van der Waals surface area contributed by atoms with Crippen LogP contribution < -0.4 is 0 Å². The van der Waals surface area contributed by atoms with Gasteiger partial charge >= 0.3 is 0 Å². The standard InChI is InChI=1S/C12H13F2NOS/c1-15-2-3-17-7-11(15)12(16)8-4-9(13)6-10(14)5-8/h4-6,11H,2-3,7H2,1H3. The van der Waals surface area contributed by atoms with Gasteiger partial charge in [-0.3, -0.25) is 9.69 Å². The Kier molecular flexibility index (Phi) is 3.79. The number of halogens is 2. The Hall–Kier alpha value is -0.940. The Morgan fingerprint density at radius 2 is 2.00 bits per heavy atom. The molecule has 0 radical (unpaired) electrons. The summed E-state index contributed by atoms with van der Waals surface area (Å²) in [5, 5.41) is 0. The molecule has 0 N–H and O–H groups in total. The van der Waals surface area contributed by atoms with E-state index in [1.165, 1.54) is 0 Å². The SMILES string of the molecule is CN1CCSCC1C(=O)c1cc(F)cc(F)c1. The fourth-order valence-electron chi connectivity index (χ4n) is 1.85. The number of hydrogen-bond acceptors (Lipinski definition) is 3. The van der Waals surface area contributed by atoms with E-state index in [9.17, 15) is 13.6 Å². The molecule has 1 heterocycles. The van der Waals surface area contributed by atoms with Gasteiger partial charge in [-0.2, -0.15) is 11.8 Å². The fourth-order valence-corrected chi connectivity index (χ4v) is 3.06. The van der Waals surface area contributed by atoms with Crippen LogP contribution in [0.2, 0.25) is 0 Å². The first-order valence-electron chi connectivity index (χ1n) is 5.36. The molecule has 1 unspecified atom stereocenters. The van der Waals surface area contributed by atoms with Crippen molar-refractivity contribution in [2.45, 2.75) is 6.04 Å². The maximum absolute atomic E-state index is 13.0. The highest BCUT2D eigenvalue weighted by Gasteiger charge is 2.27. The van der Waals surface area contributed by atoms with E-state index in [4.69, 9.17) is 0 Å². The summed E-state index contributed by atoms with van der Waals surface area (Å²) in [4.78, 5) is 14.1. The lowest BCUT2D eigenvalue weighted by atomic mass is 10.0. The van der Waals surface area contributed by atoms with Gasteiger partial charge < -0.3 is 0 Å². The van der Waals surface area contributed by atoms with Crippen molar-refractivity contribution in [1.29, 1.82) is 0 Å². The van der Waals surface area contributed by atoms with Gasteiger partial charge in [0.25, 0.3) is 0 Å². The van der Waals surface area contributed by atoms with Gasteiger partial charge in [0.15, 0.2) is 5.78 Å². The fraction of sp³-hybridized carbons (Fsp3) is 0.417. The van der Waals surface area contributed by atoms with Crippen molar-refractivity contribution in [3.05, 3.63) is 35.4 Å². The second-order valence-electron chi connectivity index (χ2n) is 4.09. The van der Waals surface area contributed by atoms with Gasteiger partial charge in [0.1, 0.15) is 11.6 Å². The highest BCUT2D eigenvalue weighted by atomic mass is 32.2. The van der Waals surface area contributed by atoms with Crippen LogP contribution >= 0.6 is 11.8 Å². The Labute approximate surface area is 103 Å². The second kappa shape index (κ2) is 5.14. The van der Waals surface area contributed by atoms with Crippen molar-refractivity contribution in [3.63, 3.8) is 0 Å². The van der Waals surface area contributed by atoms with Crippen LogP contribution in [0.25, 0.3) is 0 Å². The van der Waals surface area contributed by atoms with Gasteiger partial charge in [0.05, 0.1) is 6.04 Å². The Morgan fingerprint density at radius 3 is 2.59 bits per heavy atom. The smallest absolute Gasteiger partial charge is 0.180 e. The normalized spacial score (nSPS) is 21.5. The van der Waals surface area contributed by atoms with Gasteiger partial charge in [-0.25, -0.2) is 8.78 Å². The third kappa shape index (κ3) is 2.84. The van der Waals surface area contributed by atoms with Crippen LogP contribution in [0.4, 0.5) is 8.78 Å². The maximum Gasteiger partial charge on any atom is 0.180 e. The minimum Gasteiger partial charge on any atom is -0.295 e. The number of benzene rings is 1. The number of carbonyl (C=O) groups excluding carboxylic acids is 1. The topological polar surface area (TPSA) is 20.3 Å². The number of ketones is 1. The molecular weight excluding hydrogens is 244 g/mol. The summed E-state index contributed by atoms with van der Waals surface area (Å²) in [7, 11) is 1.86. The largest absolute Gasteiger partial charge is 0.295 e. The molecule has 1 aliphatic heterocycles. The molecule has 0 amide bonds. The number of carbonyl (C=O) groups is 1. The van der Waals surface area contributed by atoms with Crippen molar-refractivity contribution in [3.8, 4) is 0 Å². The third-order valence-electron chi connectivity index (χ3n) is 2.85. The van der Waals surface area contributed by atoms with Crippen molar-refractivity contribution >= 4 is 17.5 Å². The molecule has 0 spiro atoms. The van der Waals surface area contributed by atoms with Gasteiger partial charge in [-0.1, -0.05) is 0 Å². The lowest BCUT2D eigenvalue weighted by Gasteiger charge is -2.30. The lowest BCUT2D eigenvalue weighted by Crippen LogP contribution is -2.44. The molecule has 1 aromatic carbocycles. The predicted molar refractivity (Wildman–Crippen MR) is 64.4 cm³/mol. The summed E-state index contributed by atoms with van der Waals surface area (Å²) >= 11 is 1.69. The number of Topliss-reactive ketones (excluding diaryl/α,β-unsaturated/α-hetero) is 1. The molecule has 0 aliphatic carbocycles. The van der Waals surface area contributed by atoms with Crippen LogP contribution in [0.1, 0.15) is 10.4 Å². The summed E-state index contributed by atoms with van der Waals surface area (Å²) in [5.41, 5.74) is 0.113. The third-order valence-corrected chi connectivity index (χ3v) is 3.87. The molecular formula is C12H13F2NOS. The van der Waals surface area contributed by atoms with E-state index in [2.05, 4.69) is 0 Å². The van der Waals surface area contributed by atoms with E-state index in [1.54, 1.807) is 11.8 Å². The van der Waals surface area contributed by atoms with Gasteiger partial charge in [-0.15, -0.1) is 0 Å². The van der Waals surface area contributed by atoms with Crippen LogP contribution in [-0.2, 0) is 0 Å². The number of nitrogens with zero attached hydrogens (tertiary/aromatic N) is 1. The molecule has 17 heavy (non-hydrogen) atoms. The van der Waals surface area contributed by atoms with Crippen molar-refractivity contribution in [1.82, 2.24) is 4.90 Å². The first-order chi connectivity index (χ1) is 8.08. The molecule has 2 rings (SSSR count). The molecule has 1 aromatic rings. The molecule has 1 atom stereocenters. The molecule has 0 aromatic heterocycles. The minimum absolute atomic E-state index is 0.113. The molecule has 0 bridgehead atoms. The summed E-state index contributed by atoms with van der Waals surface area (Å²) in [6, 6.07) is 2.68. The molecule has 5 heteroatoms. The zero-order valence-electron chi connectivity index (χ0n) is 9.45. The van der Waals surface area contributed by atoms with Crippen LogP contribution in [-0.4, -0.2) is 41.8 Å². The zero-order valence-corrected chi connectivity index (χ0v) is 10.3. The average molecular weight is 257 g/mol. The number of thioether (sulfide) groups is 1. The van der Waals surface area contributed by atoms with Crippen molar-refractivity contribution in [2.75, 3.05) is 25.1 Å². The van der Waals surface area contributed by atoms with E-state index in [0.717, 1.165) is 30.5 Å². The molecule has 1 aliphatic rings. The molecule has 1 saturated heterocycles. The molecule has 2 nitrogen and oxygen atoms in total. The first-order valence-corrected chi connectivity index (χ1v) is 6.51. The summed E-state index contributed by atoms with van der Waals surface area (Å²) < 4.78 is 26.1. The van der Waals surface area contributed by atoms with Crippen molar-refractivity contribution < 1.29 is 13.6 Å². The van der Waals surface area contributed by atoms with E-state index in [1.807, 2.05) is 11.9 Å². The monoisotopic (exact) mass is 257 g/mol. The number of likely N-dealkylation sites (N-methyl/N-ethyl adjacent to an activating group) is 1. The van der Waals surface area contributed by atoms with Crippen LogP contribution in [0.5, 0.6) is 0 Å². The van der Waals surface area contributed by atoms with E-state index in [0.29, 0.717) is 5.75 Å². The maximum atomic E-state index is 13.0. The Bertz CT molecular complexity index is 418. The quantitative estimate of drug-likeness (QED) is 0.758. The number of rotatable bonds is 2. The minimum atomic E-state index is -0.709. The van der Waals surface area contributed by atoms with Gasteiger partial charge in [-0.05, 0) is 19.2 Å². The Morgan fingerprint density at radius 1 is 1.35 bits per heavy atom. The van der Waals surface area contributed by atoms with Gasteiger partial charge in [0.2, 0.25) is 0 Å². The Balaban J connectivity index is 2.23. The molecule has 0 saturated carbocycles. The summed E-state index contributed by atoms with van der Waals surface area (Å²) in [5.74, 6) is 0.0302. The summed E-state index contributed by atoms with van der Waals surface area (Å²) in [6.45, 7) is 0.818.